The Morgan fingerprint density at radius 1 is 1.11 bits per heavy atom. The zero-order valence-corrected chi connectivity index (χ0v) is 6.60. The zero-order chi connectivity index (χ0) is 6.28. The first-order chi connectivity index (χ1) is 3.15. The molecule has 0 N–H and O–H groups in total. The molecule has 8 heteroatoms. The summed E-state index contributed by atoms with van der Waals surface area (Å²) in [6.45, 7) is 0. The molecule has 0 radical (unpaired) electrons. The van der Waals surface area contributed by atoms with E-state index in [0.29, 0.717) is 0 Å². The zero-order valence-electron chi connectivity index (χ0n) is 5.04. The Balaban J connectivity index is -0.0000000233. The van der Waals surface area contributed by atoms with E-state index >= 15 is 0 Å². The predicted molar refractivity (Wildman–Crippen MR) is 6.77 cm³/mol. The predicted octanol–water partition coefficient (Wildman–Crippen LogP) is -8.68. The van der Waals surface area contributed by atoms with Crippen LogP contribution in [-0.4, -0.2) is 6.16 Å². The second-order valence-electron chi connectivity index (χ2n) is 0.333. The van der Waals surface area contributed by atoms with Crippen LogP contribution < -0.4 is 47.9 Å². The second-order valence-corrected chi connectivity index (χ2v) is 0.594. The molecule has 0 amide bonds. The van der Waals surface area contributed by atoms with Gasteiger partial charge >= 0.3 is 63.5 Å². The molecule has 40 valence electrons. The average molecular weight is 154 g/mol. The van der Waals surface area contributed by atoms with Crippen molar-refractivity contribution in [3.8, 4) is 0 Å². The van der Waals surface area contributed by atoms with Crippen LogP contribution in [0.2, 0.25) is 0 Å². The summed E-state index contributed by atoms with van der Waals surface area (Å²) in [6, 6.07) is 0. The van der Waals surface area contributed by atoms with Crippen LogP contribution in [0.1, 0.15) is 0 Å². The minimum absolute atomic E-state index is 0. The molecule has 0 aliphatic carbocycles. The Labute approximate surface area is 84.1 Å². The van der Waals surface area contributed by atoms with Crippen molar-refractivity contribution in [1.82, 2.24) is 0 Å². The van der Waals surface area contributed by atoms with Gasteiger partial charge in [0.15, 0.2) is 0 Å². The van der Waals surface area contributed by atoms with Gasteiger partial charge in [0.05, 0.1) is 0 Å². The summed E-state index contributed by atoms with van der Waals surface area (Å²) >= 11 is -2.00. The number of hydrogen-bond acceptors (Lipinski definition) is 5. The van der Waals surface area contributed by atoms with Gasteiger partial charge in [0.25, 0.3) is 0 Å². The number of hydrogen-bond donors (Lipinski definition) is 0. The van der Waals surface area contributed by atoms with Crippen molar-refractivity contribution in [1.29, 1.82) is 0 Å². The van der Waals surface area contributed by atoms with Crippen LogP contribution in [0.25, 0.3) is 0 Å². The van der Waals surface area contributed by atoms with Gasteiger partial charge in [0.1, 0.15) is 0 Å². The summed E-state index contributed by atoms with van der Waals surface area (Å²) in [7, 11) is 0. The van der Waals surface area contributed by atoms with Crippen LogP contribution in [-0.2, 0) is 25.7 Å². The molecular weight excluding hydrogens is 154 g/mol. The van der Waals surface area contributed by atoms with Gasteiger partial charge in [0.2, 0.25) is 0 Å². The standard InChI is InChI=1S/CH2O3.2Li.2O.Ti/c2-1(3)4;;;;;/h(H2,2,3,4);;;;;/q;2*+1;;;/p-2. The number of carboxylic acid groups (broad SMARTS) is 2. The molecule has 5 nitrogen and oxygen atoms in total. The van der Waals surface area contributed by atoms with Crippen LogP contribution in [0.5, 0.6) is 0 Å². The van der Waals surface area contributed by atoms with Gasteiger partial charge in [-0.05, 0) is 6.16 Å². The van der Waals surface area contributed by atoms with Crippen LogP contribution in [0.3, 0.4) is 0 Å². The summed E-state index contributed by atoms with van der Waals surface area (Å²) in [6.07, 6.45) is -2.33. The number of carbonyl (C=O) groups is 1. The van der Waals surface area contributed by atoms with Crippen LogP contribution in [0.15, 0.2) is 0 Å². The van der Waals surface area contributed by atoms with Crippen molar-refractivity contribution >= 4 is 6.16 Å². The quantitative estimate of drug-likeness (QED) is 0.322. The third kappa shape index (κ3) is 665. The second kappa shape index (κ2) is 23.3. The third-order valence-corrected chi connectivity index (χ3v) is 0. The Morgan fingerprint density at radius 2 is 1.11 bits per heavy atom. The molecule has 0 fully saturated rings. The Bertz CT molecular complexity index is 83.0. The number of rotatable bonds is 0. The minimum atomic E-state index is -2.33. The first-order valence-electron chi connectivity index (χ1n) is 1.02. The number of carbonyl (C=O) groups excluding carboxylic acids is 1. The van der Waals surface area contributed by atoms with Crippen molar-refractivity contribution < 1.29 is 78.5 Å². The molecule has 0 aliphatic rings. The van der Waals surface area contributed by atoms with E-state index < -0.39 is 25.2 Å². The summed E-state index contributed by atoms with van der Waals surface area (Å²) in [5.74, 6) is 0. The van der Waals surface area contributed by atoms with E-state index in [1.807, 2.05) is 0 Å². The van der Waals surface area contributed by atoms with Gasteiger partial charge in [-0.15, -0.1) is 0 Å². The van der Waals surface area contributed by atoms with Gasteiger partial charge in [-0.2, -0.15) is 0 Å². The van der Waals surface area contributed by atoms with Crippen molar-refractivity contribution in [2.75, 3.05) is 0 Å². The fourth-order valence-corrected chi connectivity index (χ4v) is 0. The van der Waals surface area contributed by atoms with E-state index in [1.165, 1.54) is 0 Å². The Hall–Kier alpha value is 0.779. The van der Waals surface area contributed by atoms with Crippen molar-refractivity contribution in [3.63, 3.8) is 0 Å². The molecule has 0 aromatic heterocycles. The fourth-order valence-electron chi connectivity index (χ4n) is 0. The van der Waals surface area contributed by atoms with Gasteiger partial charge in [-0.1, -0.05) is 0 Å². The molecule has 0 atom stereocenters. The maximum absolute atomic E-state index is 8.50. The molecule has 0 saturated heterocycles. The maximum atomic E-state index is 8.50. The fraction of sp³-hybridized carbons (Fsp3) is 0. The van der Waals surface area contributed by atoms with Gasteiger partial charge in [0, 0.05) is 0 Å². The van der Waals surface area contributed by atoms with Gasteiger partial charge in [-0.25, -0.2) is 0 Å². The normalized spacial score (nSPS) is 3.56. The molecular formula is CLi2O5Ti. The monoisotopic (exact) mass is 154 g/mol. The molecule has 0 saturated carbocycles. The van der Waals surface area contributed by atoms with E-state index in [4.69, 9.17) is 21.7 Å². The van der Waals surface area contributed by atoms with Gasteiger partial charge < -0.3 is 15.0 Å². The van der Waals surface area contributed by atoms with Crippen molar-refractivity contribution in [2.45, 2.75) is 0 Å². The van der Waals surface area contributed by atoms with Crippen molar-refractivity contribution in [2.24, 2.45) is 0 Å². The summed E-state index contributed by atoms with van der Waals surface area (Å²) < 4.78 is 17.0. The molecule has 0 aliphatic heterocycles. The average Bonchev–Trinajstić information content (AvgIpc) is 1.33. The molecule has 0 heterocycles. The van der Waals surface area contributed by atoms with E-state index in [1.54, 1.807) is 0 Å². The first kappa shape index (κ1) is 22.6. The molecule has 0 aromatic rings. The van der Waals surface area contributed by atoms with Crippen LogP contribution in [0.4, 0.5) is 4.79 Å². The molecule has 0 bridgehead atoms. The van der Waals surface area contributed by atoms with Crippen molar-refractivity contribution in [3.05, 3.63) is 0 Å². The summed E-state index contributed by atoms with van der Waals surface area (Å²) in [5.41, 5.74) is 0. The SMILES string of the molecule is O=C([O-])[O-].[Li+].[Li+].[O]=[Ti]=[O]. The summed E-state index contributed by atoms with van der Waals surface area (Å²) in [4.78, 5) is 8.33. The van der Waals surface area contributed by atoms with E-state index in [9.17, 15) is 0 Å². The molecule has 0 spiro atoms. The first-order valence-corrected chi connectivity index (χ1v) is 2.30. The van der Waals surface area contributed by atoms with E-state index in [0.717, 1.165) is 0 Å². The van der Waals surface area contributed by atoms with Gasteiger partial charge in [-0.3, -0.25) is 0 Å². The van der Waals surface area contributed by atoms with Crippen LogP contribution in [0, 0.1) is 0 Å². The molecule has 0 unspecified atom stereocenters. The van der Waals surface area contributed by atoms with E-state index in [-0.39, 0.29) is 37.7 Å². The molecule has 9 heavy (non-hydrogen) atoms. The van der Waals surface area contributed by atoms with E-state index in [2.05, 4.69) is 0 Å². The molecule has 0 aromatic carbocycles. The Morgan fingerprint density at radius 3 is 1.11 bits per heavy atom. The van der Waals surface area contributed by atoms with Crippen LogP contribution >= 0.6 is 0 Å². The Kier molecular flexibility index (Phi) is 58.3. The topological polar surface area (TPSA) is 97.3 Å². The summed E-state index contributed by atoms with van der Waals surface area (Å²) in [5, 5.41) is 16.7. The molecule has 0 rings (SSSR count). The third-order valence-electron chi connectivity index (χ3n) is 0.